The van der Waals surface area contributed by atoms with Crippen LogP contribution < -0.4 is 0 Å². The smallest absolute Gasteiger partial charge is 0.227 e. The lowest BCUT2D eigenvalue weighted by Crippen LogP contribution is -2.09. The molecule has 0 amide bonds. The van der Waals surface area contributed by atoms with Crippen molar-refractivity contribution < 1.29 is 8.42 Å². The van der Waals surface area contributed by atoms with Gasteiger partial charge in [-0.15, -0.1) is 0 Å². The highest BCUT2D eigenvalue weighted by molar-refractivity contribution is 7.90. The van der Waals surface area contributed by atoms with Crippen molar-refractivity contribution in [3.05, 3.63) is 41.4 Å². The normalized spacial score (nSPS) is 11.6. The molecule has 0 bridgehead atoms. The van der Waals surface area contributed by atoms with Gasteiger partial charge in [0.2, 0.25) is 15.0 Å². The third kappa shape index (κ3) is 2.83. The molecule has 0 unspecified atom stereocenters. The molecule has 90 valence electrons. The zero-order valence-corrected chi connectivity index (χ0v) is 10.6. The highest BCUT2D eigenvalue weighted by Crippen LogP contribution is 2.11. The molecule has 5 nitrogen and oxygen atoms in total. The second-order valence-corrected chi connectivity index (χ2v) is 5.90. The van der Waals surface area contributed by atoms with Crippen molar-refractivity contribution >= 4 is 21.4 Å². The van der Waals surface area contributed by atoms with E-state index >= 15 is 0 Å². The van der Waals surface area contributed by atoms with E-state index in [1.807, 2.05) is 0 Å². The van der Waals surface area contributed by atoms with E-state index in [0.29, 0.717) is 11.7 Å². The Hall–Kier alpha value is -1.40. The summed E-state index contributed by atoms with van der Waals surface area (Å²) in [6.07, 6.45) is 5.81. The molecule has 0 aliphatic rings. The molecule has 0 aliphatic carbocycles. The topological polar surface area (TPSA) is 64.8 Å². The third-order valence-electron chi connectivity index (χ3n) is 2.15. The number of hydrogen-bond donors (Lipinski definition) is 0. The summed E-state index contributed by atoms with van der Waals surface area (Å²) < 4.78 is 24.4. The fourth-order valence-electron chi connectivity index (χ4n) is 1.44. The molecule has 2 aromatic heterocycles. The van der Waals surface area contributed by atoms with Crippen molar-refractivity contribution in [1.29, 1.82) is 0 Å². The van der Waals surface area contributed by atoms with Gasteiger partial charge in [-0.25, -0.2) is 18.4 Å². The molecule has 0 atom stereocenters. The van der Waals surface area contributed by atoms with Gasteiger partial charge in [0, 0.05) is 24.8 Å². The molecule has 0 saturated heterocycles. The molecule has 7 heteroatoms. The summed E-state index contributed by atoms with van der Waals surface area (Å²) in [7, 11) is -3.31. The summed E-state index contributed by atoms with van der Waals surface area (Å²) in [4.78, 5) is 7.76. The van der Waals surface area contributed by atoms with Crippen LogP contribution in [0.5, 0.6) is 0 Å². The molecule has 2 rings (SSSR count). The Balaban J connectivity index is 2.31. The number of sulfone groups is 1. The number of pyridine rings is 1. The van der Waals surface area contributed by atoms with Crippen LogP contribution in [0.3, 0.4) is 0 Å². The monoisotopic (exact) mass is 271 g/mol. The van der Waals surface area contributed by atoms with E-state index in [0.717, 1.165) is 11.8 Å². The van der Waals surface area contributed by atoms with Crippen LogP contribution in [0.4, 0.5) is 0 Å². The lowest BCUT2D eigenvalue weighted by atomic mass is 10.3. The maximum Gasteiger partial charge on any atom is 0.227 e. The van der Waals surface area contributed by atoms with Gasteiger partial charge in [-0.1, -0.05) is 17.7 Å². The van der Waals surface area contributed by atoms with Crippen LogP contribution >= 0.6 is 11.6 Å². The van der Waals surface area contributed by atoms with E-state index in [1.165, 1.54) is 6.20 Å². The maximum absolute atomic E-state index is 11.4. The van der Waals surface area contributed by atoms with Crippen molar-refractivity contribution in [2.45, 2.75) is 11.7 Å². The highest BCUT2D eigenvalue weighted by atomic mass is 35.5. The van der Waals surface area contributed by atoms with E-state index in [-0.39, 0.29) is 5.16 Å². The van der Waals surface area contributed by atoms with Crippen LogP contribution in [-0.4, -0.2) is 29.2 Å². The lowest BCUT2D eigenvalue weighted by Gasteiger charge is -2.05. The minimum absolute atomic E-state index is 0.0486. The molecule has 0 aliphatic heterocycles. The first-order chi connectivity index (χ1) is 7.97. The summed E-state index contributed by atoms with van der Waals surface area (Å²) in [5, 5.41) is 0.454. The van der Waals surface area contributed by atoms with E-state index in [9.17, 15) is 8.42 Å². The van der Waals surface area contributed by atoms with Crippen LogP contribution in [0.2, 0.25) is 5.15 Å². The van der Waals surface area contributed by atoms with E-state index in [1.54, 1.807) is 29.1 Å². The van der Waals surface area contributed by atoms with Gasteiger partial charge in [-0.05, 0) is 11.6 Å². The summed E-state index contributed by atoms with van der Waals surface area (Å²) in [5.41, 5.74) is 0.859. The van der Waals surface area contributed by atoms with E-state index in [2.05, 4.69) is 9.97 Å². The third-order valence-corrected chi connectivity index (χ3v) is 3.38. The zero-order chi connectivity index (χ0) is 12.5. The van der Waals surface area contributed by atoms with Gasteiger partial charge in [0.05, 0.1) is 6.54 Å². The summed E-state index contributed by atoms with van der Waals surface area (Å²) in [5.74, 6) is 0. The van der Waals surface area contributed by atoms with Crippen LogP contribution in [-0.2, 0) is 16.4 Å². The predicted molar refractivity (Wildman–Crippen MR) is 63.7 cm³/mol. The Morgan fingerprint density at radius 2 is 2.12 bits per heavy atom. The first kappa shape index (κ1) is 12.1. The van der Waals surface area contributed by atoms with Crippen LogP contribution in [0.1, 0.15) is 5.56 Å². The Morgan fingerprint density at radius 1 is 1.35 bits per heavy atom. The van der Waals surface area contributed by atoms with Crippen molar-refractivity contribution in [1.82, 2.24) is 14.5 Å². The fraction of sp³-hybridized carbons (Fsp3) is 0.200. The van der Waals surface area contributed by atoms with Crippen LogP contribution in [0.15, 0.2) is 35.9 Å². The number of imidazole rings is 1. The van der Waals surface area contributed by atoms with Crippen LogP contribution in [0.25, 0.3) is 0 Å². The molecular weight excluding hydrogens is 262 g/mol. The standard InChI is InChI=1S/C10H10ClN3O2S/c1-17(15,16)10-12-4-5-14(10)7-8-2-3-9(11)13-6-8/h2-6H,7H2,1H3. The minimum Gasteiger partial charge on any atom is -0.317 e. The molecule has 2 heterocycles. The average molecular weight is 272 g/mol. The first-order valence-electron chi connectivity index (χ1n) is 4.78. The Morgan fingerprint density at radius 3 is 2.71 bits per heavy atom. The largest absolute Gasteiger partial charge is 0.317 e. The van der Waals surface area contributed by atoms with Gasteiger partial charge in [0.25, 0.3) is 0 Å². The molecule has 2 aromatic rings. The SMILES string of the molecule is CS(=O)(=O)c1nccn1Cc1ccc(Cl)nc1. The number of aromatic nitrogens is 3. The van der Waals surface area contributed by atoms with Gasteiger partial charge in [0.1, 0.15) is 5.15 Å². The number of rotatable bonds is 3. The van der Waals surface area contributed by atoms with Crippen LogP contribution in [0, 0.1) is 0 Å². The highest BCUT2D eigenvalue weighted by Gasteiger charge is 2.14. The minimum atomic E-state index is -3.31. The van der Waals surface area contributed by atoms with E-state index < -0.39 is 9.84 Å². The van der Waals surface area contributed by atoms with Crippen molar-refractivity contribution in [2.75, 3.05) is 6.26 Å². The number of halogens is 1. The van der Waals surface area contributed by atoms with Crippen molar-refractivity contribution in [3.8, 4) is 0 Å². The number of nitrogens with zero attached hydrogens (tertiary/aromatic N) is 3. The average Bonchev–Trinajstić information content (AvgIpc) is 2.69. The van der Waals surface area contributed by atoms with Gasteiger partial charge < -0.3 is 4.57 Å². The Kier molecular flexibility index (Phi) is 3.17. The van der Waals surface area contributed by atoms with Gasteiger partial charge in [-0.2, -0.15) is 0 Å². The van der Waals surface area contributed by atoms with Gasteiger partial charge in [0.15, 0.2) is 0 Å². The molecule has 17 heavy (non-hydrogen) atoms. The molecule has 0 spiro atoms. The van der Waals surface area contributed by atoms with Crippen molar-refractivity contribution in [3.63, 3.8) is 0 Å². The molecule has 0 aromatic carbocycles. The van der Waals surface area contributed by atoms with Crippen molar-refractivity contribution in [2.24, 2.45) is 0 Å². The molecular formula is C10H10ClN3O2S. The van der Waals surface area contributed by atoms with Gasteiger partial charge in [-0.3, -0.25) is 0 Å². The lowest BCUT2D eigenvalue weighted by molar-refractivity contribution is 0.578. The summed E-state index contributed by atoms with van der Waals surface area (Å²) in [6, 6.07) is 3.45. The summed E-state index contributed by atoms with van der Waals surface area (Å²) >= 11 is 5.67. The zero-order valence-electron chi connectivity index (χ0n) is 9.04. The molecule has 0 fully saturated rings. The maximum atomic E-state index is 11.4. The second-order valence-electron chi connectivity index (χ2n) is 3.60. The Labute approximate surface area is 104 Å². The van der Waals surface area contributed by atoms with E-state index in [4.69, 9.17) is 11.6 Å². The first-order valence-corrected chi connectivity index (χ1v) is 7.05. The quantitative estimate of drug-likeness (QED) is 0.791. The fourth-order valence-corrected chi connectivity index (χ4v) is 2.36. The summed E-state index contributed by atoms with van der Waals surface area (Å²) in [6.45, 7) is 0.395. The Bertz CT molecular complexity index is 619. The molecule has 0 N–H and O–H groups in total. The predicted octanol–water partition coefficient (Wildman–Crippen LogP) is 1.38. The second kappa shape index (κ2) is 4.46. The number of hydrogen-bond acceptors (Lipinski definition) is 4. The molecule has 0 saturated carbocycles. The molecule has 0 radical (unpaired) electrons. The van der Waals surface area contributed by atoms with Gasteiger partial charge >= 0.3 is 0 Å².